The van der Waals surface area contributed by atoms with Crippen LogP contribution in [0.3, 0.4) is 0 Å². The highest BCUT2D eigenvalue weighted by Crippen LogP contribution is 2.34. The number of amides is 3. The summed E-state index contributed by atoms with van der Waals surface area (Å²) in [6.45, 7) is 2.08. The Labute approximate surface area is 233 Å². The van der Waals surface area contributed by atoms with Crippen molar-refractivity contribution in [2.45, 2.75) is 38.3 Å². The Morgan fingerprint density at radius 2 is 1.92 bits per heavy atom. The molecule has 3 aromatic carbocycles. The van der Waals surface area contributed by atoms with E-state index in [1.54, 1.807) is 24.7 Å². The first-order valence-corrected chi connectivity index (χ1v) is 14.1. The van der Waals surface area contributed by atoms with Gasteiger partial charge in [-0.25, -0.2) is 18.6 Å². The molecule has 5 rings (SSSR count). The molecule has 2 unspecified atom stereocenters. The molecule has 4 aromatic rings. The maximum Gasteiger partial charge on any atom is 0.326 e. The number of hydrogen-bond donors (Lipinski definition) is 2. The third-order valence-electron chi connectivity index (χ3n) is 6.69. The molecule has 1 aliphatic rings. The van der Waals surface area contributed by atoms with Crippen LogP contribution in [0.4, 0.5) is 25.0 Å². The third kappa shape index (κ3) is 6.15. The van der Waals surface area contributed by atoms with Crippen LogP contribution in [0.2, 0.25) is 0 Å². The molecule has 0 radical (unpaired) electrons. The first kappa shape index (κ1) is 26.9. The highest BCUT2D eigenvalue weighted by Gasteiger charge is 2.28. The molecule has 7 nitrogen and oxygen atoms in total. The molecule has 2 N–H and O–H groups in total. The van der Waals surface area contributed by atoms with Crippen LogP contribution in [0.15, 0.2) is 66.2 Å². The molecule has 2 heterocycles. The smallest absolute Gasteiger partial charge is 0.325 e. The van der Waals surface area contributed by atoms with Gasteiger partial charge in [-0.2, -0.15) is 0 Å². The van der Waals surface area contributed by atoms with Crippen molar-refractivity contribution < 1.29 is 18.4 Å². The number of aryl methyl sites for hydroxylation is 1. The van der Waals surface area contributed by atoms with E-state index in [0.717, 1.165) is 59.1 Å². The van der Waals surface area contributed by atoms with E-state index in [1.807, 2.05) is 28.6 Å². The summed E-state index contributed by atoms with van der Waals surface area (Å²) in [7, 11) is 1.59. The molecule has 1 aromatic heterocycles. The number of halogens is 2. The fourth-order valence-electron chi connectivity index (χ4n) is 4.65. The molecule has 2 atom stereocenters. The highest BCUT2D eigenvalue weighted by molar-refractivity contribution is 7.99. The van der Waals surface area contributed by atoms with Gasteiger partial charge in [0.2, 0.25) is 5.91 Å². The lowest BCUT2D eigenvalue weighted by Gasteiger charge is -2.35. The number of nitrogens with zero attached hydrogens (tertiary/aromatic N) is 3. The number of nitrogens with one attached hydrogen (secondary N) is 2. The Hall–Kier alpha value is -3.70. The van der Waals surface area contributed by atoms with Crippen molar-refractivity contribution in [2.24, 2.45) is 0 Å². The average Bonchev–Trinajstić information content (AvgIpc) is 3.39. The Morgan fingerprint density at radius 3 is 2.72 bits per heavy atom. The maximum atomic E-state index is 13.9. The average molecular weight is 568 g/mol. The molecule has 0 saturated carbocycles. The van der Waals surface area contributed by atoms with E-state index >= 15 is 0 Å². The molecule has 0 fully saturated rings. The van der Waals surface area contributed by atoms with Crippen LogP contribution in [0, 0.1) is 11.6 Å². The lowest BCUT2D eigenvalue weighted by atomic mass is 9.99. The summed E-state index contributed by atoms with van der Waals surface area (Å²) in [5.74, 6) is -1.95. The second kappa shape index (κ2) is 11.6. The summed E-state index contributed by atoms with van der Waals surface area (Å²) in [4.78, 5) is 32.4. The number of rotatable bonds is 7. The van der Waals surface area contributed by atoms with Crippen molar-refractivity contribution in [1.82, 2.24) is 15.0 Å². The second-order valence-corrected chi connectivity index (χ2v) is 11.1. The fraction of sp³-hybridized carbons (Fsp3) is 0.250. The van der Waals surface area contributed by atoms with E-state index in [4.69, 9.17) is 0 Å². The van der Waals surface area contributed by atoms with Gasteiger partial charge >= 0.3 is 6.03 Å². The van der Waals surface area contributed by atoms with Crippen LogP contribution in [0.25, 0.3) is 10.2 Å². The summed E-state index contributed by atoms with van der Waals surface area (Å²) in [5.41, 5.74) is 5.54. The van der Waals surface area contributed by atoms with Crippen molar-refractivity contribution in [3.05, 3.63) is 88.9 Å². The number of carbonyl (C=O) groups excluding carboxylic acids is 2. The monoisotopic (exact) mass is 567 g/mol. The van der Waals surface area contributed by atoms with Crippen molar-refractivity contribution >= 4 is 57.0 Å². The first-order valence-electron chi connectivity index (χ1n) is 12.4. The fourth-order valence-corrected chi connectivity index (χ4v) is 6.12. The molecule has 0 bridgehead atoms. The maximum absolute atomic E-state index is 13.9. The third-order valence-corrected chi connectivity index (χ3v) is 8.53. The normalized spacial score (nSPS) is 15.5. The topological polar surface area (TPSA) is 77.6 Å². The van der Waals surface area contributed by atoms with E-state index in [0.29, 0.717) is 5.69 Å². The van der Waals surface area contributed by atoms with Gasteiger partial charge in [0.1, 0.15) is 17.7 Å². The lowest BCUT2D eigenvalue weighted by Crippen LogP contribution is -2.51. The molecule has 1 aliphatic heterocycles. The van der Waals surface area contributed by atoms with Gasteiger partial charge in [-0.05, 0) is 67.3 Å². The van der Waals surface area contributed by atoms with Gasteiger partial charge in [0.05, 0.1) is 33.5 Å². The summed E-state index contributed by atoms with van der Waals surface area (Å²) in [6, 6.07) is 15.1. The molecular formula is C28H27F2N5O2S2. The molecule has 39 heavy (non-hydrogen) atoms. The Kier molecular flexibility index (Phi) is 7.99. The minimum absolute atomic E-state index is 0.0994. The van der Waals surface area contributed by atoms with E-state index in [9.17, 15) is 18.4 Å². The quantitative estimate of drug-likeness (QED) is 0.274. The van der Waals surface area contributed by atoms with Gasteiger partial charge in [-0.15, -0.1) is 11.3 Å². The van der Waals surface area contributed by atoms with E-state index < -0.39 is 29.6 Å². The number of thiazole rings is 1. The number of urea groups is 1. The van der Waals surface area contributed by atoms with Crippen LogP contribution in [-0.4, -0.2) is 36.1 Å². The molecular weight excluding hydrogens is 540 g/mol. The molecule has 0 spiro atoms. The number of likely N-dealkylation sites (N-methyl/N-ethyl adjacent to an activating group) is 1. The van der Waals surface area contributed by atoms with Gasteiger partial charge in [-0.1, -0.05) is 18.2 Å². The molecule has 3 amide bonds. The predicted molar refractivity (Wildman–Crippen MR) is 153 cm³/mol. The summed E-state index contributed by atoms with van der Waals surface area (Å²) in [6.07, 6.45) is 1.80. The van der Waals surface area contributed by atoms with Gasteiger partial charge < -0.3 is 10.2 Å². The van der Waals surface area contributed by atoms with Gasteiger partial charge in [0.15, 0.2) is 0 Å². The number of aromatic nitrogens is 1. The summed E-state index contributed by atoms with van der Waals surface area (Å²) >= 11 is 2.64. The highest BCUT2D eigenvalue weighted by atomic mass is 32.2. The number of carbonyl (C=O) groups is 2. The molecule has 0 aliphatic carbocycles. The molecule has 0 saturated heterocycles. The van der Waals surface area contributed by atoms with Crippen molar-refractivity contribution in [1.29, 1.82) is 0 Å². The van der Waals surface area contributed by atoms with Crippen LogP contribution in [-0.2, 0) is 17.6 Å². The Bertz CT molecular complexity index is 1490. The zero-order valence-electron chi connectivity index (χ0n) is 21.4. The first-order chi connectivity index (χ1) is 18.8. The lowest BCUT2D eigenvalue weighted by molar-refractivity contribution is -0.120. The summed E-state index contributed by atoms with van der Waals surface area (Å²) in [5, 5.41) is 2.72. The largest absolute Gasteiger partial charge is 0.326 e. The number of anilines is 2. The van der Waals surface area contributed by atoms with Crippen LogP contribution in [0.1, 0.15) is 24.5 Å². The SMILES string of the molecule is CC1CCc2ccccc2N1SNC(=O)NC(Cc1cc(F)cc(F)c1)C(=O)N(C)c1ccc2scnc2c1. The van der Waals surface area contributed by atoms with Crippen molar-refractivity contribution in [3.63, 3.8) is 0 Å². The zero-order valence-corrected chi connectivity index (χ0v) is 23.0. The van der Waals surface area contributed by atoms with Crippen LogP contribution in [0.5, 0.6) is 0 Å². The minimum Gasteiger partial charge on any atom is -0.325 e. The number of fused-ring (bicyclic) bond motifs is 2. The predicted octanol–water partition coefficient (Wildman–Crippen LogP) is 5.85. The number of para-hydroxylation sites is 1. The Balaban J connectivity index is 1.33. The van der Waals surface area contributed by atoms with Crippen LogP contribution >= 0.6 is 23.5 Å². The number of hydrogen-bond acceptors (Lipinski definition) is 6. The van der Waals surface area contributed by atoms with Crippen molar-refractivity contribution in [2.75, 3.05) is 16.3 Å². The zero-order chi connectivity index (χ0) is 27.5. The molecule has 202 valence electrons. The second-order valence-electron chi connectivity index (χ2n) is 9.45. The molecule has 11 heteroatoms. The van der Waals surface area contributed by atoms with Crippen molar-refractivity contribution in [3.8, 4) is 0 Å². The van der Waals surface area contributed by atoms with Gasteiger partial charge in [-0.3, -0.25) is 13.8 Å². The van der Waals surface area contributed by atoms with Crippen LogP contribution < -0.4 is 19.2 Å². The van der Waals surface area contributed by atoms with Gasteiger partial charge in [0.25, 0.3) is 0 Å². The van der Waals surface area contributed by atoms with Gasteiger partial charge in [0, 0.05) is 31.3 Å². The standard InChI is InChI=1S/C28H27F2N5O2S2/c1-17-7-8-19-5-3-4-6-25(19)35(17)39-33-28(37)32-24(13-18-11-20(29)14-21(30)12-18)27(36)34(2)22-9-10-26-23(15-22)31-16-38-26/h3-6,9-12,14-17,24H,7-8,13H2,1-2H3,(H2,32,33,37). The van der Waals surface area contributed by atoms with E-state index in [-0.39, 0.29) is 18.0 Å². The minimum atomic E-state index is -1.09. The van der Waals surface area contributed by atoms with E-state index in [2.05, 4.69) is 28.0 Å². The number of benzene rings is 3. The van der Waals surface area contributed by atoms with E-state index in [1.165, 1.54) is 21.8 Å². The Morgan fingerprint density at radius 1 is 1.15 bits per heavy atom. The summed E-state index contributed by atoms with van der Waals surface area (Å²) < 4.78 is 33.6.